The van der Waals surface area contributed by atoms with Gasteiger partial charge < -0.3 is 14.2 Å². The van der Waals surface area contributed by atoms with Crippen molar-refractivity contribution < 1.29 is 28.6 Å². The minimum atomic E-state index is -1.44. The molecule has 3 heterocycles. The zero-order valence-corrected chi connectivity index (χ0v) is 20.5. The average molecular weight is 499 g/mol. The normalized spacial score (nSPS) is 25.9. The Bertz CT molecular complexity index is 1410. The third-order valence-corrected chi connectivity index (χ3v) is 7.67. The number of amides is 2. The molecular formula is C29H26N2O6. The molecule has 2 fully saturated rings. The molecule has 3 aliphatic rings. The van der Waals surface area contributed by atoms with Crippen molar-refractivity contribution in [1.29, 1.82) is 0 Å². The highest BCUT2D eigenvalue weighted by Gasteiger charge is 2.69. The van der Waals surface area contributed by atoms with Gasteiger partial charge >= 0.3 is 5.97 Å². The number of nitrogens with one attached hydrogen (secondary N) is 1. The van der Waals surface area contributed by atoms with E-state index in [1.807, 2.05) is 61.5 Å². The third kappa shape index (κ3) is 3.51. The van der Waals surface area contributed by atoms with E-state index in [2.05, 4.69) is 5.32 Å². The Hall–Kier alpha value is -4.17. The third-order valence-electron chi connectivity index (χ3n) is 7.67. The van der Waals surface area contributed by atoms with Crippen LogP contribution < -0.4 is 19.7 Å². The van der Waals surface area contributed by atoms with Gasteiger partial charge in [0.1, 0.15) is 5.54 Å². The fourth-order valence-corrected chi connectivity index (χ4v) is 6.01. The minimum Gasteiger partial charge on any atom is -0.468 e. The van der Waals surface area contributed by atoms with Crippen LogP contribution in [-0.4, -0.2) is 37.2 Å². The van der Waals surface area contributed by atoms with Crippen molar-refractivity contribution in [3.8, 4) is 11.5 Å². The molecule has 0 spiro atoms. The number of benzene rings is 3. The summed E-state index contributed by atoms with van der Waals surface area (Å²) in [5.41, 5.74) is 1.62. The minimum absolute atomic E-state index is 0.0771. The molecule has 0 radical (unpaired) electrons. The van der Waals surface area contributed by atoms with Crippen molar-refractivity contribution in [2.45, 2.75) is 24.9 Å². The second kappa shape index (κ2) is 8.74. The van der Waals surface area contributed by atoms with Crippen LogP contribution in [0.2, 0.25) is 0 Å². The summed E-state index contributed by atoms with van der Waals surface area (Å²) in [6.45, 7) is 2.03. The molecule has 0 saturated carbocycles. The summed E-state index contributed by atoms with van der Waals surface area (Å²) < 4.78 is 16.2. The summed E-state index contributed by atoms with van der Waals surface area (Å²) in [7, 11) is 1.31. The average Bonchev–Trinajstić information content (AvgIpc) is 3.58. The highest BCUT2D eigenvalue weighted by atomic mass is 16.7. The highest BCUT2D eigenvalue weighted by Crippen LogP contribution is 2.52. The van der Waals surface area contributed by atoms with Gasteiger partial charge in [0.15, 0.2) is 11.5 Å². The zero-order chi connectivity index (χ0) is 25.7. The van der Waals surface area contributed by atoms with Crippen LogP contribution >= 0.6 is 0 Å². The van der Waals surface area contributed by atoms with Gasteiger partial charge in [-0.15, -0.1) is 0 Å². The Morgan fingerprint density at radius 2 is 1.73 bits per heavy atom. The summed E-state index contributed by atoms with van der Waals surface area (Å²) >= 11 is 0. The smallest absolute Gasteiger partial charge is 0.327 e. The predicted octanol–water partition coefficient (Wildman–Crippen LogP) is 3.33. The van der Waals surface area contributed by atoms with Gasteiger partial charge in [0.2, 0.25) is 18.6 Å². The van der Waals surface area contributed by atoms with Gasteiger partial charge in [-0.2, -0.15) is 0 Å². The number of anilines is 1. The second-order valence-electron chi connectivity index (χ2n) is 9.66. The Balaban J connectivity index is 1.51. The fraction of sp³-hybridized carbons (Fsp3) is 0.276. The number of aryl methyl sites for hydroxylation is 1. The van der Waals surface area contributed by atoms with Crippen molar-refractivity contribution in [2.24, 2.45) is 11.8 Å². The SMILES string of the molecule is COC(=O)[C@]1(Cc2ccccc2)N[C@H](c2ccccc2C)[C@H]2C(=O)N(c3ccc4c(c3)OCO4)C(=O)[C@@H]21. The molecule has 188 valence electrons. The number of rotatable bonds is 5. The molecule has 0 unspecified atom stereocenters. The first-order valence-electron chi connectivity index (χ1n) is 12.2. The van der Waals surface area contributed by atoms with Gasteiger partial charge in [-0.25, -0.2) is 4.90 Å². The topological polar surface area (TPSA) is 94.2 Å². The number of ether oxygens (including phenoxy) is 3. The number of fused-ring (bicyclic) bond motifs is 2. The Kier molecular flexibility index (Phi) is 5.49. The van der Waals surface area contributed by atoms with E-state index < -0.39 is 35.3 Å². The van der Waals surface area contributed by atoms with Gasteiger partial charge in [0.05, 0.1) is 24.6 Å². The van der Waals surface area contributed by atoms with Crippen molar-refractivity contribution in [2.75, 3.05) is 18.8 Å². The summed E-state index contributed by atoms with van der Waals surface area (Å²) in [5.74, 6) is -2.14. The van der Waals surface area contributed by atoms with Crippen molar-refractivity contribution in [3.05, 3.63) is 89.5 Å². The maximum absolute atomic E-state index is 14.2. The number of carbonyl (C=O) groups is 3. The monoisotopic (exact) mass is 498 g/mol. The van der Waals surface area contributed by atoms with Crippen LogP contribution in [0, 0.1) is 18.8 Å². The zero-order valence-electron chi connectivity index (χ0n) is 20.5. The molecule has 0 bridgehead atoms. The van der Waals surface area contributed by atoms with Crippen LogP contribution in [0.3, 0.4) is 0 Å². The van der Waals surface area contributed by atoms with Gasteiger partial charge in [-0.05, 0) is 35.7 Å². The lowest BCUT2D eigenvalue weighted by Gasteiger charge is -2.33. The van der Waals surface area contributed by atoms with Crippen molar-refractivity contribution in [3.63, 3.8) is 0 Å². The summed E-state index contributed by atoms with van der Waals surface area (Å²) in [5, 5.41) is 3.45. The highest BCUT2D eigenvalue weighted by molar-refractivity contribution is 6.24. The molecule has 2 amide bonds. The lowest BCUT2D eigenvalue weighted by molar-refractivity contribution is -0.152. The largest absolute Gasteiger partial charge is 0.468 e. The maximum Gasteiger partial charge on any atom is 0.327 e. The summed E-state index contributed by atoms with van der Waals surface area (Å²) in [6, 6.07) is 21.6. The number of esters is 1. The quantitative estimate of drug-likeness (QED) is 0.426. The molecule has 3 aliphatic heterocycles. The van der Waals surface area contributed by atoms with Crippen molar-refractivity contribution >= 4 is 23.5 Å². The molecule has 8 nitrogen and oxygen atoms in total. The van der Waals surface area contributed by atoms with E-state index in [-0.39, 0.29) is 19.1 Å². The molecule has 3 aromatic rings. The molecule has 4 atom stereocenters. The number of imide groups is 1. The van der Waals surface area contributed by atoms with Crippen LogP contribution in [0.25, 0.3) is 0 Å². The molecule has 2 saturated heterocycles. The number of nitrogens with zero attached hydrogens (tertiary/aromatic N) is 1. The first-order valence-corrected chi connectivity index (χ1v) is 12.2. The second-order valence-corrected chi connectivity index (χ2v) is 9.66. The van der Waals surface area contributed by atoms with E-state index in [0.717, 1.165) is 16.7 Å². The van der Waals surface area contributed by atoms with Crippen LogP contribution in [0.1, 0.15) is 22.7 Å². The van der Waals surface area contributed by atoms with E-state index in [1.54, 1.807) is 18.2 Å². The van der Waals surface area contributed by atoms with Crippen LogP contribution in [-0.2, 0) is 25.5 Å². The molecule has 0 aliphatic carbocycles. The van der Waals surface area contributed by atoms with Gasteiger partial charge in [0.25, 0.3) is 0 Å². The van der Waals surface area contributed by atoms with Crippen LogP contribution in [0.5, 0.6) is 11.5 Å². The van der Waals surface area contributed by atoms with E-state index in [4.69, 9.17) is 14.2 Å². The number of methoxy groups -OCH3 is 1. The molecule has 0 aromatic heterocycles. The Morgan fingerprint density at radius 3 is 2.49 bits per heavy atom. The molecule has 1 N–H and O–H groups in total. The molecule has 6 rings (SSSR count). The van der Waals surface area contributed by atoms with E-state index in [9.17, 15) is 14.4 Å². The molecule has 37 heavy (non-hydrogen) atoms. The molecular weight excluding hydrogens is 472 g/mol. The van der Waals surface area contributed by atoms with Gasteiger partial charge in [-0.1, -0.05) is 54.6 Å². The first kappa shape index (κ1) is 23.2. The number of hydrogen-bond donors (Lipinski definition) is 1. The maximum atomic E-state index is 14.2. The van der Waals surface area contributed by atoms with Gasteiger partial charge in [0, 0.05) is 18.5 Å². The Morgan fingerprint density at radius 1 is 1.00 bits per heavy atom. The number of carbonyl (C=O) groups excluding carboxylic acids is 3. The number of hydrogen-bond acceptors (Lipinski definition) is 7. The van der Waals surface area contributed by atoms with Crippen LogP contribution in [0.15, 0.2) is 72.8 Å². The summed E-state index contributed by atoms with van der Waals surface area (Å²) in [6.07, 6.45) is 0.193. The lowest BCUT2D eigenvalue weighted by atomic mass is 9.76. The lowest BCUT2D eigenvalue weighted by Crippen LogP contribution is -2.57. The standard InChI is InChI=1S/C29H26N2O6/c1-17-8-6-7-11-20(17)25-23-24(29(30-25,28(34)35-2)15-18-9-4-3-5-10-18)27(33)31(26(23)32)19-12-13-21-22(14-19)37-16-36-21/h3-14,23-25,30H,15-16H2,1-2H3/t23-,24+,25+,29+/m0/s1. The molecule has 8 heteroatoms. The Labute approximate surface area is 214 Å². The van der Waals surface area contributed by atoms with Crippen molar-refractivity contribution in [1.82, 2.24) is 5.32 Å². The molecule has 3 aromatic carbocycles. The van der Waals surface area contributed by atoms with Crippen LogP contribution in [0.4, 0.5) is 5.69 Å². The van der Waals surface area contributed by atoms with E-state index >= 15 is 0 Å². The van der Waals surface area contributed by atoms with E-state index in [0.29, 0.717) is 17.2 Å². The fourth-order valence-electron chi connectivity index (χ4n) is 6.01. The van der Waals surface area contributed by atoms with Gasteiger partial charge in [-0.3, -0.25) is 19.7 Å². The van der Waals surface area contributed by atoms with E-state index in [1.165, 1.54) is 12.0 Å². The summed E-state index contributed by atoms with van der Waals surface area (Å²) in [4.78, 5) is 43.0. The predicted molar refractivity (Wildman–Crippen MR) is 134 cm³/mol. The first-order chi connectivity index (χ1) is 17.9.